The first-order valence-corrected chi connectivity index (χ1v) is 6.50. The maximum atomic E-state index is 10.7. The first kappa shape index (κ1) is 15.3. The van der Waals surface area contributed by atoms with Crippen LogP contribution in [0.25, 0.3) is 0 Å². The second kappa shape index (κ2) is 6.11. The number of aromatic nitrogens is 2. The third-order valence-electron chi connectivity index (χ3n) is 2.54. The summed E-state index contributed by atoms with van der Waals surface area (Å²) in [5.41, 5.74) is 0.451. The van der Waals surface area contributed by atoms with Crippen LogP contribution < -0.4 is 10.1 Å². The molecular formula is C12H10Cl2N4O3. The molecule has 0 fully saturated rings. The summed E-state index contributed by atoms with van der Waals surface area (Å²) in [6.45, 7) is 1.75. The van der Waals surface area contributed by atoms with Gasteiger partial charge in [-0.15, -0.1) is 0 Å². The van der Waals surface area contributed by atoms with Crippen molar-refractivity contribution in [3.8, 4) is 11.6 Å². The molecule has 9 heteroatoms. The lowest BCUT2D eigenvalue weighted by molar-refractivity contribution is -0.384. The molecule has 0 radical (unpaired) electrons. The number of aryl methyl sites for hydroxylation is 1. The topological polar surface area (TPSA) is 90.2 Å². The summed E-state index contributed by atoms with van der Waals surface area (Å²) in [5.74, 6) is 0.726. The van der Waals surface area contributed by atoms with E-state index in [0.29, 0.717) is 11.5 Å². The van der Waals surface area contributed by atoms with Gasteiger partial charge in [-0.3, -0.25) is 10.1 Å². The Balaban J connectivity index is 2.42. The van der Waals surface area contributed by atoms with Gasteiger partial charge in [0.2, 0.25) is 11.8 Å². The minimum absolute atomic E-state index is 0.0261. The van der Waals surface area contributed by atoms with Gasteiger partial charge in [0.05, 0.1) is 15.0 Å². The molecule has 0 aliphatic heterocycles. The molecule has 0 atom stereocenters. The molecule has 0 aliphatic carbocycles. The second-order valence-corrected chi connectivity index (χ2v) is 4.84. The molecule has 0 amide bonds. The van der Waals surface area contributed by atoms with Crippen molar-refractivity contribution in [2.75, 3.05) is 12.4 Å². The second-order valence-electron chi connectivity index (χ2n) is 4.03. The zero-order valence-electron chi connectivity index (χ0n) is 11.1. The molecule has 7 nitrogen and oxygen atoms in total. The number of non-ortho nitro benzene ring substituents is 1. The van der Waals surface area contributed by atoms with E-state index in [1.807, 2.05) is 0 Å². The van der Waals surface area contributed by atoms with Crippen LogP contribution in [0.1, 0.15) is 5.56 Å². The summed E-state index contributed by atoms with van der Waals surface area (Å²) in [4.78, 5) is 18.3. The molecule has 2 aromatic rings. The number of rotatable bonds is 4. The maximum Gasteiger partial charge on any atom is 0.272 e. The van der Waals surface area contributed by atoms with Crippen LogP contribution in [0.15, 0.2) is 18.3 Å². The van der Waals surface area contributed by atoms with Gasteiger partial charge >= 0.3 is 0 Å². The van der Waals surface area contributed by atoms with E-state index in [9.17, 15) is 10.1 Å². The van der Waals surface area contributed by atoms with Gasteiger partial charge in [0.1, 0.15) is 0 Å². The number of hydrogen-bond acceptors (Lipinski definition) is 6. The van der Waals surface area contributed by atoms with Crippen LogP contribution in [0.4, 0.5) is 11.6 Å². The van der Waals surface area contributed by atoms with Gasteiger partial charge in [0, 0.05) is 30.9 Å². The van der Waals surface area contributed by atoms with E-state index in [4.69, 9.17) is 27.9 Å². The minimum atomic E-state index is -0.587. The molecule has 21 heavy (non-hydrogen) atoms. The van der Waals surface area contributed by atoms with Crippen molar-refractivity contribution in [2.24, 2.45) is 0 Å². The molecule has 0 saturated carbocycles. The van der Waals surface area contributed by atoms with Gasteiger partial charge in [0.25, 0.3) is 5.69 Å². The lowest BCUT2D eigenvalue weighted by Crippen LogP contribution is -2.00. The van der Waals surface area contributed by atoms with E-state index in [2.05, 4.69) is 15.3 Å². The van der Waals surface area contributed by atoms with Crippen LogP contribution in [0, 0.1) is 17.0 Å². The Morgan fingerprint density at radius 2 is 1.95 bits per heavy atom. The van der Waals surface area contributed by atoms with E-state index in [-0.39, 0.29) is 27.4 Å². The van der Waals surface area contributed by atoms with Gasteiger partial charge in [-0.25, -0.2) is 4.98 Å². The highest BCUT2D eigenvalue weighted by molar-refractivity contribution is 6.37. The van der Waals surface area contributed by atoms with Crippen LogP contribution in [0.2, 0.25) is 10.0 Å². The van der Waals surface area contributed by atoms with Gasteiger partial charge < -0.3 is 10.1 Å². The summed E-state index contributed by atoms with van der Waals surface area (Å²) in [6.07, 6.45) is 1.57. The van der Waals surface area contributed by atoms with Crippen molar-refractivity contribution in [1.29, 1.82) is 0 Å². The van der Waals surface area contributed by atoms with E-state index < -0.39 is 4.92 Å². The number of ether oxygens (including phenoxy) is 1. The van der Waals surface area contributed by atoms with Gasteiger partial charge in [0.15, 0.2) is 5.75 Å². The van der Waals surface area contributed by atoms with Crippen molar-refractivity contribution < 1.29 is 9.66 Å². The largest absolute Gasteiger partial charge is 0.435 e. The maximum absolute atomic E-state index is 10.7. The van der Waals surface area contributed by atoms with Crippen molar-refractivity contribution in [1.82, 2.24) is 9.97 Å². The molecule has 1 aromatic heterocycles. The number of hydrogen-bond donors (Lipinski definition) is 1. The average molecular weight is 329 g/mol. The predicted molar refractivity (Wildman–Crippen MR) is 79.5 cm³/mol. The van der Waals surface area contributed by atoms with E-state index in [0.717, 1.165) is 12.1 Å². The Bertz CT molecular complexity index is 686. The van der Waals surface area contributed by atoms with Crippen molar-refractivity contribution in [3.05, 3.63) is 44.1 Å². The molecule has 0 saturated heterocycles. The lowest BCUT2D eigenvalue weighted by atomic mass is 10.3. The van der Waals surface area contributed by atoms with Crippen molar-refractivity contribution in [2.45, 2.75) is 6.92 Å². The molecule has 0 bridgehead atoms. The monoisotopic (exact) mass is 328 g/mol. The highest BCUT2D eigenvalue weighted by Crippen LogP contribution is 2.39. The van der Waals surface area contributed by atoms with Gasteiger partial charge in [-0.2, -0.15) is 4.98 Å². The summed E-state index contributed by atoms with van der Waals surface area (Å²) in [5, 5.41) is 13.6. The number of halogens is 2. The first-order chi connectivity index (χ1) is 9.92. The highest BCUT2D eigenvalue weighted by Gasteiger charge is 2.18. The number of nitrogens with zero attached hydrogens (tertiary/aromatic N) is 3. The standard InChI is InChI=1S/C12H10Cl2N4O3/c1-6-5-16-12(15-2)17-11(6)21-10-8(13)3-7(18(19)20)4-9(10)14/h3-5H,1-2H3,(H,15,16,17). The van der Waals surface area contributed by atoms with Crippen LogP contribution in [-0.2, 0) is 0 Å². The molecule has 0 unspecified atom stereocenters. The predicted octanol–water partition coefficient (Wildman–Crippen LogP) is 3.83. The zero-order valence-corrected chi connectivity index (χ0v) is 12.6. The first-order valence-electron chi connectivity index (χ1n) is 5.75. The van der Waals surface area contributed by atoms with Gasteiger partial charge in [-0.05, 0) is 6.92 Å². The Morgan fingerprint density at radius 1 is 1.33 bits per heavy atom. The van der Waals surface area contributed by atoms with Crippen LogP contribution in [-0.4, -0.2) is 21.9 Å². The fraction of sp³-hybridized carbons (Fsp3) is 0.167. The molecule has 2 rings (SSSR count). The van der Waals surface area contributed by atoms with E-state index >= 15 is 0 Å². The smallest absolute Gasteiger partial charge is 0.272 e. The molecule has 1 N–H and O–H groups in total. The fourth-order valence-corrected chi connectivity index (χ4v) is 2.05. The van der Waals surface area contributed by atoms with Gasteiger partial charge in [-0.1, -0.05) is 23.2 Å². The molecule has 110 valence electrons. The third kappa shape index (κ3) is 3.32. The van der Waals surface area contributed by atoms with E-state index in [1.165, 1.54) is 0 Å². The summed E-state index contributed by atoms with van der Waals surface area (Å²) in [7, 11) is 1.67. The average Bonchev–Trinajstić information content (AvgIpc) is 2.44. The number of anilines is 1. The minimum Gasteiger partial charge on any atom is -0.435 e. The quantitative estimate of drug-likeness (QED) is 0.677. The molecule has 1 heterocycles. The molecule has 0 aliphatic rings. The van der Waals surface area contributed by atoms with Crippen LogP contribution in [0.3, 0.4) is 0 Å². The van der Waals surface area contributed by atoms with Crippen LogP contribution >= 0.6 is 23.2 Å². The normalized spacial score (nSPS) is 10.3. The summed E-state index contributed by atoms with van der Waals surface area (Å²) in [6, 6.07) is 2.33. The van der Waals surface area contributed by atoms with E-state index in [1.54, 1.807) is 20.2 Å². The zero-order chi connectivity index (χ0) is 15.6. The number of nitro groups is 1. The Kier molecular flexibility index (Phi) is 4.44. The Morgan fingerprint density at radius 3 is 2.48 bits per heavy atom. The van der Waals surface area contributed by atoms with Crippen molar-refractivity contribution in [3.63, 3.8) is 0 Å². The molecule has 0 spiro atoms. The number of nitro benzene ring substituents is 1. The molecular weight excluding hydrogens is 319 g/mol. The highest BCUT2D eigenvalue weighted by atomic mass is 35.5. The summed E-state index contributed by atoms with van der Waals surface area (Å²) >= 11 is 12.0. The third-order valence-corrected chi connectivity index (χ3v) is 3.10. The fourth-order valence-electron chi connectivity index (χ4n) is 1.50. The lowest BCUT2D eigenvalue weighted by Gasteiger charge is -2.11. The Hall–Kier alpha value is -2.12. The summed E-state index contributed by atoms with van der Waals surface area (Å²) < 4.78 is 5.57. The molecule has 1 aromatic carbocycles. The number of nitrogens with one attached hydrogen (secondary N) is 1. The number of benzene rings is 1. The van der Waals surface area contributed by atoms with Crippen LogP contribution in [0.5, 0.6) is 11.6 Å². The SMILES string of the molecule is CNc1ncc(C)c(Oc2c(Cl)cc([N+](=O)[O-])cc2Cl)n1. The van der Waals surface area contributed by atoms with Crippen molar-refractivity contribution >= 4 is 34.8 Å². The Labute approximate surface area is 130 Å².